The Morgan fingerprint density at radius 3 is 2.79 bits per heavy atom. The summed E-state index contributed by atoms with van der Waals surface area (Å²) >= 11 is 1.46. The molecule has 6 nitrogen and oxygen atoms in total. The number of ether oxygens (including phenoxy) is 1. The third kappa shape index (κ3) is 2.52. The van der Waals surface area contributed by atoms with Crippen LogP contribution in [-0.4, -0.2) is 41.3 Å². The fourth-order valence-electron chi connectivity index (χ4n) is 2.05. The second-order valence-corrected chi connectivity index (χ2v) is 5.34. The van der Waals surface area contributed by atoms with Crippen LogP contribution in [0.4, 0.5) is 11.1 Å². The van der Waals surface area contributed by atoms with Crippen LogP contribution in [0.3, 0.4) is 0 Å². The van der Waals surface area contributed by atoms with Crippen molar-refractivity contribution < 1.29 is 4.74 Å². The Hall–Kier alpha value is -1.73. The van der Waals surface area contributed by atoms with Crippen LogP contribution in [0.15, 0.2) is 12.3 Å². The molecule has 0 unspecified atom stereocenters. The van der Waals surface area contributed by atoms with Crippen molar-refractivity contribution in [1.29, 1.82) is 0 Å². The van der Waals surface area contributed by atoms with Gasteiger partial charge in [-0.2, -0.15) is 0 Å². The third-order valence-electron chi connectivity index (χ3n) is 2.98. The average Bonchev–Trinajstić information content (AvgIpc) is 2.79. The molecule has 3 heterocycles. The highest BCUT2D eigenvalue weighted by Gasteiger charge is 2.16. The lowest BCUT2D eigenvalue weighted by Crippen LogP contribution is -2.37. The van der Waals surface area contributed by atoms with Gasteiger partial charge in [-0.25, -0.2) is 15.0 Å². The molecule has 2 aromatic rings. The number of aryl methyl sites for hydroxylation is 1. The average molecular weight is 277 g/mol. The van der Waals surface area contributed by atoms with Gasteiger partial charge in [0.05, 0.1) is 29.5 Å². The van der Waals surface area contributed by atoms with Crippen LogP contribution in [0.2, 0.25) is 0 Å². The molecule has 19 heavy (non-hydrogen) atoms. The molecule has 2 N–H and O–H groups in total. The number of hydrogen-bond acceptors (Lipinski definition) is 7. The third-order valence-corrected chi connectivity index (χ3v) is 3.99. The molecular weight excluding hydrogens is 262 g/mol. The number of anilines is 2. The van der Waals surface area contributed by atoms with E-state index in [4.69, 9.17) is 10.5 Å². The highest BCUT2D eigenvalue weighted by atomic mass is 32.1. The molecule has 1 aliphatic rings. The van der Waals surface area contributed by atoms with Gasteiger partial charge in [0.2, 0.25) is 5.95 Å². The van der Waals surface area contributed by atoms with E-state index in [1.165, 1.54) is 11.3 Å². The SMILES string of the molecule is Cc1nc(N)sc1-c1ccnc(N2CCOCC2)n1. The van der Waals surface area contributed by atoms with E-state index in [1.807, 2.05) is 13.0 Å². The number of morpholine rings is 1. The Balaban J connectivity index is 1.93. The minimum absolute atomic E-state index is 0.569. The van der Waals surface area contributed by atoms with Gasteiger partial charge in [0.1, 0.15) is 0 Å². The van der Waals surface area contributed by atoms with Gasteiger partial charge in [-0.1, -0.05) is 11.3 Å². The second-order valence-electron chi connectivity index (χ2n) is 4.31. The first-order valence-electron chi connectivity index (χ1n) is 6.13. The predicted octanol–water partition coefficient (Wildman–Crippen LogP) is 1.33. The topological polar surface area (TPSA) is 77.2 Å². The Labute approximate surface area is 115 Å². The minimum atomic E-state index is 0.569. The van der Waals surface area contributed by atoms with E-state index in [-0.39, 0.29) is 0 Å². The van der Waals surface area contributed by atoms with Crippen molar-refractivity contribution >= 4 is 22.4 Å². The van der Waals surface area contributed by atoms with Gasteiger partial charge in [0.15, 0.2) is 5.13 Å². The van der Waals surface area contributed by atoms with Crippen molar-refractivity contribution in [3.63, 3.8) is 0 Å². The molecule has 0 spiro atoms. The largest absolute Gasteiger partial charge is 0.378 e. The number of aromatic nitrogens is 3. The molecule has 1 fully saturated rings. The monoisotopic (exact) mass is 277 g/mol. The molecule has 0 amide bonds. The Kier molecular flexibility index (Phi) is 3.31. The summed E-state index contributed by atoms with van der Waals surface area (Å²) in [4.78, 5) is 16.3. The standard InChI is InChI=1S/C12H15N5OS/c1-8-10(19-11(13)15-8)9-2-3-14-12(16-9)17-4-6-18-7-5-17/h2-3H,4-7H2,1H3,(H2,13,15). The summed E-state index contributed by atoms with van der Waals surface area (Å²) in [6.45, 7) is 5.04. The summed E-state index contributed by atoms with van der Waals surface area (Å²) in [5, 5.41) is 0.569. The van der Waals surface area contributed by atoms with E-state index < -0.39 is 0 Å². The van der Waals surface area contributed by atoms with Crippen LogP contribution in [0, 0.1) is 6.92 Å². The summed E-state index contributed by atoms with van der Waals surface area (Å²) in [6.07, 6.45) is 1.78. The fourth-order valence-corrected chi connectivity index (χ4v) is 2.85. The van der Waals surface area contributed by atoms with Gasteiger partial charge in [-0.3, -0.25) is 0 Å². The zero-order valence-corrected chi connectivity index (χ0v) is 11.5. The molecule has 0 aromatic carbocycles. The first-order valence-corrected chi connectivity index (χ1v) is 6.95. The number of rotatable bonds is 2. The van der Waals surface area contributed by atoms with Gasteiger partial charge in [0, 0.05) is 19.3 Å². The smallest absolute Gasteiger partial charge is 0.226 e. The summed E-state index contributed by atoms with van der Waals surface area (Å²) < 4.78 is 5.34. The molecule has 1 saturated heterocycles. The van der Waals surface area contributed by atoms with Crippen molar-refractivity contribution in [2.75, 3.05) is 36.9 Å². The molecule has 0 atom stereocenters. The molecular formula is C12H15N5OS. The predicted molar refractivity (Wildman–Crippen MR) is 75.3 cm³/mol. The molecule has 0 radical (unpaired) electrons. The number of nitrogens with zero attached hydrogens (tertiary/aromatic N) is 4. The number of nitrogen functional groups attached to an aromatic ring is 1. The van der Waals surface area contributed by atoms with E-state index in [1.54, 1.807) is 6.20 Å². The van der Waals surface area contributed by atoms with Gasteiger partial charge in [0.25, 0.3) is 0 Å². The molecule has 0 aliphatic carbocycles. The number of hydrogen-bond donors (Lipinski definition) is 1. The van der Waals surface area contributed by atoms with Crippen molar-refractivity contribution in [1.82, 2.24) is 15.0 Å². The fraction of sp³-hybridized carbons (Fsp3) is 0.417. The van der Waals surface area contributed by atoms with Crippen LogP contribution < -0.4 is 10.6 Å². The van der Waals surface area contributed by atoms with Crippen molar-refractivity contribution in [2.45, 2.75) is 6.92 Å². The maximum atomic E-state index is 5.73. The van der Waals surface area contributed by atoms with Crippen molar-refractivity contribution in [3.8, 4) is 10.6 Å². The maximum absolute atomic E-state index is 5.73. The van der Waals surface area contributed by atoms with E-state index in [9.17, 15) is 0 Å². The van der Waals surface area contributed by atoms with Gasteiger partial charge in [-0.05, 0) is 13.0 Å². The maximum Gasteiger partial charge on any atom is 0.226 e. The van der Waals surface area contributed by atoms with Crippen molar-refractivity contribution in [2.24, 2.45) is 0 Å². The molecule has 1 aliphatic heterocycles. The van der Waals surface area contributed by atoms with Crippen LogP contribution in [0.25, 0.3) is 10.6 Å². The molecule has 100 valence electrons. The summed E-state index contributed by atoms with van der Waals surface area (Å²) in [6, 6.07) is 1.89. The van der Waals surface area contributed by atoms with E-state index in [0.29, 0.717) is 5.13 Å². The normalized spacial score (nSPS) is 15.7. The Bertz CT molecular complexity index is 579. The molecule has 2 aromatic heterocycles. The highest BCUT2D eigenvalue weighted by Crippen LogP contribution is 2.30. The Morgan fingerprint density at radius 2 is 2.11 bits per heavy atom. The Morgan fingerprint density at radius 1 is 1.32 bits per heavy atom. The lowest BCUT2D eigenvalue weighted by Gasteiger charge is -2.26. The van der Waals surface area contributed by atoms with Gasteiger partial charge in [-0.15, -0.1) is 0 Å². The lowest BCUT2D eigenvalue weighted by atomic mass is 10.3. The summed E-state index contributed by atoms with van der Waals surface area (Å²) in [7, 11) is 0. The van der Waals surface area contributed by atoms with Gasteiger partial charge >= 0.3 is 0 Å². The zero-order valence-electron chi connectivity index (χ0n) is 10.7. The number of thiazole rings is 1. The van der Waals surface area contributed by atoms with E-state index in [2.05, 4.69) is 19.9 Å². The summed E-state index contributed by atoms with van der Waals surface area (Å²) in [5.41, 5.74) is 7.52. The molecule has 0 bridgehead atoms. The zero-order chi connectivity index (χ0) is 13.2. The second kappa shape index (κ2) is 5.10. The molecule has 0 saturated carbocycles. The van der Waals surface area contributed by atoms with Crippen LogP contribution in [0.5, 0.6) is 0 Å². The first kappa shape index (κ1) is 12.3. The lowest BCUT2D eigenvalue weighted by molar-refractivity contribution is 0.122. The number of nitrogens with two attached hydrogens (primary N) is 1. The van der Waals surface area contributed by atoms with E-state index >= 15 is 0 Å². The van der Waals surface area contributed by atoms with Crippen LogP contribution in [-0.2, 0) is 4.74 Å². The van der Waals surface area contributed by atoms with Gasteiger partial charge < -0.3 is 15.4 Å². The van der Waals surface area contributed by atoms with E-state index in [0.717, 1.165) is 48.5 Å². The minimum Gasteiger partial charge on any atom is -0.378 e. The van der Waals surface area contributed by atoms with Crippen molar-refractivity contribution in [3.05, 3.63) is 18.0 Å². The molecule has 7 heteroatoms. The highest BCUT2D eigenvalue weighted by molar-refractivity contribution is 7.18. The quantitative estimate of drug-likeness (QED) is 0.892. The molecule has 3 rings (SSSR count). The summed E-state index contributed by atoms with van der Waals surface area (Å²) in [5.74, 6) is 0.743. The first-order chi connectivity index (χ1) is 9.24. The van der Waals surface area contributed by atoms with Crippen LogP contribution in [0.1, 0.15) is 5.69 Å². The van der Waals surface area contributed by atoms with Crippen LogP contribution >= 0.6 is 11.3 Å².